The lowest BCUT2D eigenvalue weighted by atomic mass is 10.0. The lowest BCUT2D eigenvalue weighted by molar-refractivity contribution is 0.103. The van der Waals surface area contributed by atoms with Gasteiger partial charge in [-0.25, -0.2) is 13.1 Å². The second-order valence-corrected chi connectivity index (χ2v) is 7.91. The Bertz CT molecular complexity index is 1050. The molecule has 0 aliphatic rings. The summed E-state index contributed by atoms with van der Waals surface area (Å²) in [4.78, 5) is 12.5. The molecule has 0 aromatic heterocycles. The van der Waals surface area contributed by atoms with Gasteiger partial charge in [-0.2, -0.15) is 0 Å². The highest BCUT2D eigenvalue weighted by molar-refractivity contribution is 7.89. The van der Waals surface area contributed by atoms with E-state index in [9.17, 15) is 13.2 Å². The molecule has 0 atom stereocenters. The lowest BCUT2D eigenvalue weighted by Gasteiger charge is -2.09. The van der Waals surface area contributed by atoms with Crippen LogP contribution in [0.15, 0.2) is 83.8 Å². The third-order valence-corrected chi connectivity index (χ3v) is 5.66. The maximum atomic E-state index is 12.4. The third-order valence-electron chi connectivity index (χ3n) is 4.19. The van der Waals surface area contributed by atoms with E-state index in [1.807, 2.05) is 18.2 Å². The normalized spacial score (nSPS) is 11.1. The van der Waals surface area contributed by atoms with Gasteiger partial charge in [0.1, 0.15) is 18.1 Å². The van der Waals surface area contributed by atoms with Crippen LogP contribution in [0.5, 0.6) is 11.5 Å². The van der Waals surface area contributed by atoms with E-state index in [0.29, 0.717) is 22.6 Å². The molecule has 0 aliphatic carbocycles. The van der Waals surface area contributed by atoms with E-state index in [-0.39, 0.29) is 23.8 Å². The number of methoxy groups -OCH3 is 1. The molecule has 0 fully saturated rings. The molecule has 0 bridgehead atoms. The molecule has 1 N–H and O–H groups in total. The average Bonchev–Trinajstić information content (AvgIpc) is 2.77. The molecule has 3 aromatic carbocycles. The zero-order chi connectivity index (χ0) is 20.7. The smallest absolute Gasteiger partial charge is 0.240 e. The van der Waals surface area contributed by atoms with Crippen LogP contribution in [0.4, 0.5) is 0 Å². The van der Waals surface area contributed by atoms with Crippen molar-refractivity contribution < 1.29 is 22.7 Å². The molecular weight excluding hydrogens is 390 g/mol. The van der Waals surface area contributed by atoms with Gasteiger partial charge in [-0.05, 0) is 48.5 Å². The number of hydrogen-bond acceptors (Lipinski definition) is 5. The van der Waals surface area contributed by atoms with Crippen molar-refractivity contribution in [1.29, 1.82) is 0 Å². The molecule has 0 heterocycles. The summed E-state index contributed by atoms with van der Waals surface area (Å²) in [7, 11) is -2.10. The Labute approximate surface area is 170 Å². The zero-order valence-electron chi connectivity index (χ0n) is 15.9. The van der Waals surface area contributed by atoms with Crippen LogP contribution in [0, 0.1) is 0 Å². The van der Waals surface area contributed by atoms with Crippen LogP contribution in [-0.4, -0.2) is 34.5 Å². The minimum atomic E-state index is -3.62. The van der Waals surface area contributed by atoms with Crippen molar-refractivity contribution in [3.63, 3.8) is 0 Å². The molecule has 0 saturated carbocycles. The molecule has 0 unspecified atom stereocenters. The van der Waals surface area contributed by atoms with Gasteiger partial charge >= 0.3 is 0 Å². The van der Waals surface area contributed by atoms with E-state index in [1.165, 1.54) is 19.2 Å². The quantitative estimate of drug-likeness (QED) is 0.432. The summed E-state index contributed by atoms with van der Waals surface area (Å²) >= 11 is 0. The number of rotatable bonds is 9. The van der Waals surface area contributed by atoms with Crippen molar-refractivity contribution >= 4 is 15.8 Å². The first kappa shape index (κ1) is 20.6. The predicted molar refractivity (Wildman–Crippen MR) is 110 cm³/mol. The highest BCUT2D eigenvalue weighted by atomic mass is 32.2. The Kier molecular flexibility index (Phi) is 6.64. The average molecular weight is 411 g/mol. The van der Waals surface area contributed by atoms with Crippen LogP contribution >= 0.6 is 0 Å². The van der Waals surface area contributed by atoms with Gasteiger partial charge in [-0.3, -0.25) is 4.79 Å². The maximum absolute atomic E-state index is 12.4. The molecule has 3 rings (SSSR count). The molecule has 6 nitrogen and oxygen atoms in total. The molecule has 7 heteroatoms. The van der Waals surface area contributed by atoms with Gasteiger partial charge in [-0.15, -0.1) is 0 Å². The fourth-order valence-electron chi connectivity index (χ4n) is 2.64. The first-order valence-electron chi connectivity index (χ1n) is 8.96. The highest BCUT2D eigenvalue weighted by Crippen LogP contribution is 2.16. The Balaban J connectivity index is 1.51. The first-order chi connectivity index (χ1) is 14.0. The van der Waals surface area contributed by atoms with E-state index >= 15 is 0 Å². The monoisotopic (exact) mass is 411 g/mol. The Hall–Kier alpha value is -3.16. The summed E-state index contributed by atoms with van der Waals surface area (Å²) in [5, 5.41) is 0. The van der Waals surface area contributed by atoms with Crippen LogP contribution < -0.4 is 14.2 Å². The van der Waals surface area contributed by atoms with Crippen LogP contribution in [-0.2, 0) is 10.0 Å². The summed E-state index contributed by atoms with van der Waals surface area (Å²) in [6.45, 7) is 0.264. The summed E-state index contributed by atoms with van der Waals surface area (Å²) in [5.41, 5.74) is 1.18. The summed E-state index contributed by atoms with van der Waals surface area (Å²) < 4.78 is 37.6. The van der Waals surface area contributed by atoms with Gasteiger partial charge in [0.25, 0.3) is 0 Å². The Morgan fingerprint density at radius 3 is 2.03 bits per heavy atom. The second kappa shape index (κ2) is 9.36. The number of hydrogen-bond donors (Lipinski definition) is 1. The lowest BCUT2D eigenvalue weighted by Crippen LogP contribution is -2.28. The van der Waals surface area contributed by atoms with Gasteiger partial charge in [0.05, 0.1) is 12.0 Å². The minimum absolute atomic E-state index is 0.0654. The number of benzene rings is 3. The third kappa shape index (κ3) is 5.43. The maximum Gasteiger partial charge on any atom is 0.240 e. The van der Waals surface area contributed by atoms with Crippen LogP contribution in [0.25, 0.3) is 0 Å². The van der Waals surface area contributed by atoms with E-state index < -0.39 is 10.0 Å². The molecule has 0 amide bonds. The van der Waals surface area contributed by atoms with Gasteiger partial charge in [-0.1, -0.05) is 30.3 Å². The van der Waals surface area contributed by atoms with E-state index in [1.54, 1.807) is 48.5 Å². The Morgan fingerprint density at radius 2 is 1.41 bits per heavy atom. The number of carbonyl (C=O) groups is 1. The van der Waals surface area contributed by atoms with Crippen molar-refractivity contribution in [2.45, 2.75) is 4.90 Å². The molecular formula is C22H21NO5S. The molecule has 0 saturated heterocycles. The van der Waals surface area contributed by atoms with Gasteiger partial charge < -0.3 is 9.47 Å². The van der Waals surface area contributed by atoms with E-state index in [4.69, 9.17) is 9.47 Å². The highest BCUT2D eigenvalue weighted by Gasteiger charge is 2.13. The van der Waals surface area contributed by atoms with E-state index in [0.717, 1.165) is 0 Å². The number of nitrogens with one attached hydrogen (secondary N) is 1. The van der Waals surface area contributed by atoms with Gasteiger partial charge in [0.15, 0.2) is 5.78 Å². The molecule has 29 heavy (non-hydrogen) atoms. The summed E-state index contributed by atoms with van der Waals surface area (Å²) in [5.74, 6) is 1.07. The molecule has 0 radical (unpaired) electrons. The minimum Gasteiger partial charge on any atom is -0.497 e. The molecule has 3 aromatic rings. The van der Waals surface area contributed by atoms with Crippen molar-refractivity contribution in [2.75, 3.05) is 20.3 Å². The SMILES string of the molecule is COc1ccc(S(=O)(=O)NCCOc2ccc(C(=O)c3ccccc3)cc2)cc1. The number of ketones is 1. The Morgan fingerprint density at radius 1 is 0.828 bits per heavy atom. The van der Waals surface area contributed by atoms with E-state index in [2.05, 4.69) is 4.72 Å². The fraction of sp³-hybridized carbons (Fsp3) is 0.136. The van der Waals surface area contributed by atoms with Crippen molar-refractivity contribution in [1.82, 2.24) is 4.72 Å². The van der Waals surface area contributed by atoms with Crippen LogP contribution in [0.3, 0.4) is 0 Å². The topological polar surface area (TPSA) is 81.7 Å². The largest absolute Gasteiger partial charge is 0.497 e. The van der Waals surface area contributed by atoms with Crippen molar-refractivity contribution in [2.24, 2.45) is 0 Å². The molecule has 0 spiro atoms. The second-order valence-electron chi connectivity index (χ2n) is 6.14. The van der Waals surface area contributed by atoms with Gasteiger partial charge in [0.2, 0.25) is 10.0 Å². The molecule has 150 valence electrons. The van der Waals surface area contributed by atoms with Crippen LogP contribution in [0.1, 0.15) is 15.9 Å². The zero-order valence-corrected chi connectivity index (χ0v) is 16.7. The first-order valence-corrected chi connectivity index (χ1v) is 10.4. The van der Waals surface area contributed by atoms with Crippen LogP contribution in [0.2, 0.25) is 0 Å². The standard InChI is InChI=1S/C22H21NO5S/c1-27-19-11-13-21(14-12-19)29(25,26)23-15-16-28-20-9-7-18(8-10-20)22(24)17-5-3-2-4-6-17/h2-14,23H,15-16H2,1H3. The van der Waals surface area contributed by atoms with Gasteiger partial charge in [0, 0.05) is 17.7 Å². The van der Waals surface area contributed by atoms with Crippen molar-refractivity contribution in [3.8, 4) is 11.5 Å². The summed E-state index contributed by atoms with van der Waals surface area (Å²) in [6, 6.07) is 21.9. The number of carbonyl (C=O) groups excluding carboxylic acids is 1. The van der Waals surface area contributed by atoms with Crippen molar-refractivity contribution in [3.05, 3.63) is 90.0 Å². The number of ether oxygens (including phenoxy) is 2. The number of sulfonamides is 1. The fourth-order valence-corrected chi connectivity index (χ4v) is 3.65. The molecule has 0 aliphatic heterocycles. The predicted octanol–water partition coefficient (Wildman–Crippen LogP) is 3.28. The summed E-state index contributed by atoms with van der Waals surface area (Å²) in [6.07, 6.45) is 0.